The molecule has 0 N–H and O–H groups in total. The third kappa shape index (κ3) is 4.18. The highest BCUT2D eigenvalue weighted by Crippen LogP contribution is 2.28. The Kier molecular flexibility index (Phi) is 6.77. The number of halogens is 1. The first kappa shape index (κ1) is 19.3. The molecular weight excluding hydrogens is 344 g/mol. The Labute approximate surface area is 139 Å². The van der Waals surface area contributed by atoms with E-state index in [4.69, 9.17) is 11.6 Å². The molecule has 0 aliphatic carbocycles. The van der Waals surface area contributed by atoms with Gasteiger partial charge < -0.3 is 0 Å². The molecule has 0 heterocycles. The first-order chi connectivity index (χ1) is 10.2. The Morgan fingerprint density at radius 3 is 2.14 bits per heavy atom. The lowest BCUT2D eigenvalue weighted by atomic mass is 10.1. The molecule has 0 radical (unpaired) electrons. The first-order valence-electron chi connectivity index (χ1n) is 7.14. The summed E-state index contributed by atoms with van der Waals surface area (Å²) in [7, 11) is -5.06. The average molecular weight is 365 g/mol. The molecule has 0 aliphatic rings. The van der Waals surface area contributed by atoms with Crippen LogP contribution in [-0.2, 0) is 27.1 Å². The van der Waals surface area contributed by atoms with Crippen LogP contribution in [0.15, 0.2) is 21.9 Å². The van der Waals surface area contributed by atoms with E-state index >= 15 is 0 Å². The molecule has 1 rings (SSSR count). The van der Waals surface area contributed by atoms with Crippen LogP contribution in [0, 0.1) is 0 Å². The summed E-state index contributed by atoms with van der Waals surface area (Å²) in [4.78, 5) is 11.7. The van der Waals surface area contributed by atoms with Crippen LogP contribution in [0.5, 0.6) is 0 Å². The van der Waals surface area contributed by atoms with Gasteiger partial charge in [0.1, 0.15) is 0 Å². The number of aryl methyl sites for hydroxylation is 1. The fourth-order valence-corrected chi connectivity index (χ4v) is 5.41. The summed E-state index contributed by atoms with van der Waals surface area (Å²) in [5.41, 5.74) is 0.775. The minimum Gasteiger partial charge on any atom is -0.276 e. The van der Waals surface area contributed by atoms with E-state index in [1.807, 2.05) is 20.8 Å². The molecule has 0 spiro atoms. The highest BCUT2D eigenvalue weighted by molar-refractivity contribution is 7.92. The summed E-state index contributed by atoms with van der Waals surface area (Å²) in [5.74, 6) is 0. The number of rotatable bonds is 7. The zero-order valence-electron chi connectivity index (χ0n) is 13.2. The Morgan fingerprint density at radius 1 is 1.23 bits per heavy atom. The molecule has 7 heteroatoms. The predicted octanol–water partition coefficient (Wildman–Crippen LogP) is 3.33. The Morgan fingerprint density at radius 2 is 1.77 bits per heavy atom. The van der Waals surface area contributed by atoms with Crippen LogP contribution in [-0.4, -0.2) is 29.4 Å². The van der Waals surface area contributed by atoms with E-state index in [0.29, 0.717) is 24.8 Å². The van der Waals surface area contributed by atoms with E-state index in [2.05, 4.69) is 0 Å². The molecule has 0 amide bonds. The third-order valence-corrected chi connectivity index (χ3v) is 7.10. The summed E-state index contributed by atoms with van der Waals surface area (Å²) in [6.45, 7) is 5.68. The van der Waals surface area contributed by atoms with Gasteiger partial charge in [0.2, 0.25) is 0 Å². The first-order valence-corrected chi connectivity index (χ1v) is 10.6. The maximum atomic E-state index is 12.8. The molecule has 124 valence electrons. The van der Waals surface area contributed by atoms with Crippen LogP contribution in [0.2, 0.25) is 0 Å². The third-order valence-electron chi connectivity index (χ3n) is 3.59. The number of carbonyl (C=O) groups excluding carboxylic acids is 1. The van der Waals surface area contributed by atoms with Crippen molar-refractivity contribution in [2.24, 2.45) is 0 Å². The molecule has 0 saturated carbocycles. The molecule has 0 bridgehead atoms. The molecule has 1 aromatic rings. The van der Waals surface area contributed by atoms with Crippen LogP contribution in [0.25, 0.3) is 0 Å². The molecule has 0 fully saturated rings. The number of hydrogen-bond donors (Lipinski definition) is 0. The summed E-state index contributed by atoms with van der Waals surface area (Å²) < 4.78 is 36.8. The number of sulfone groups is 1. The van der Waals surface area contributed by atoms with E-state index in [9.17, 15) is 17.4 Å². The average Bonchev–Trinajstić information content (AvgIpc) is 2.45. The number of benzene rings is 1. The maximum Gasteiger partial charge on any atom is 0.252 e. The molecule has 4 nitrogen and oxygen atoms in total. The van der Waals surface area contributed by atoms with Crippen LogP contribution in [0.3, 0.4) is 0 Å². The largest absolute Gasteiger partial charge is 0.276 e. The van der Waals surface area contributed by atoms with Crippen molar-refractivity contribution in [3.05, 3.63) is 23.3 Å². The SMILES string of the molecule is CCc1cc(S(=O)C(CC)CC)c(S(C)(=O)=O)cc1C(=O)Cl. The molecule has 0 aliphatic heterocycles. The molecule has 0 saturated heterocycles. The van der Waals surface area contributed by atoms with Gasteiger partial charge in [-0.25, -0.2) is 8.42 Å². The minimum atomic E-state index is -3.61. The summed E-state index contributed by atoms with van der Waals surface area (Å²) in [6, 6.07) is 2.82. The molecule has 1 aromatic carbocycles. The molecule has 22 heavy (non-hydrogen) atoms. The van der Waals surface area contributed by atoms with Gasteiger partial charge in [-0.15, -0.1) is 0 Å². The van der Waals surface area contributed by atoms with Gasteiger partial charge in [-0.3, -0.25) is 9.00 Å². The standard InChI is InChI=1S/C15H21ClO4S2/c1-5-10-8-13(21(18)11(6-2)7-3)14(22(4,19)20)9-12(10)15(16)17/h8-9,11H,5-7H2,1-4H3. The van der Waals surface area contributed by atoms with Crippen LogP contribution < -0.4 is 0 Å². The van der Waals surface area contributed by atoms with Gasteiger partial charge in [0.05, 0.1) is 20.6 Å². The van der Waals surface area contributed by atoms with Gasteiger partial charge >= 0.3 is 0 Å². The van der Waals surface area contributed by atoms with Crippen molar-refractivity contribution in [1.82, 2.24) is 0 Å². The van der Waals surface area contributed by atoms with E-state index in [0.717, 1.165) is 6.26 Å². The topological polar surface area (TPSA) is 68.3 Å². The van der Waals surface area contributed by atoms with Crippen LogP contribution in [0.1, 0.15) is 49.5 Å². The van der Waals surface area contributed by atoms with Crippen molar-refractivity contribution in [2.45, 2.75) is 55.1 Å². The highest BCUT2D eigenvalue weighted by Gasteiger charge is 2.25. The Balaban J connectivity index is 3.68. The van der Waals surface area contributed by atoms with Crippen LogP contribution in [0.4, 0.5) is 0 Å². The van der Waals surface area contributed by atoms with Gasteiger partial charge in [0.25, 0.3) is 5.24 Å². The van der Waals surface area contributed by atoms with Crippen molar-refractivity contribution in [3.63, 3.8) is 0 Å². The summed E-state index contributed by atoms with van der Waals surface area (Å²) >= 11 is 5.55. The molecule has 0 aromatic heterocycles. The van der Waals surface area contributed by atoms with Crippen molar-refractivity contribution in [3.8, 4) is 0 Å². The number of hydrogen-bond acceptors (Lipinski definition) is 4. The second kappa shape index (κ2) is 7.70. The van der Waals surface area contributed by atoms with Gasteiger partial charge in [-0.2, -0.15) is 0 Å². The monoisotopic (exact) mass is 364 g/mol. The van der Waals surface area contributed by atoms with Gasteiger partial charge in [-0.1, -0.05) is 20.8 Å². The minimum absolute atomic E-state index is 0.0704. The van der Waals surface area contributed by atoms with E-state index in [1.54, 1.807) is 6.07 Å². The zero-order chi connectivity index (χ0) is 17.1. The quantitative estimate of drug-likeness (QED) is 0.696. The lowest BCUT2D eigenvalue weighted by Crippen LogP contribution is -2.17. The number of carbonyl (C=O) groups is 1. The van der Waals surface area contributed by atoms with Gasteiger partial charge in [0, 0.05) is 17.1 Å². The van der Waals surface area contributed by atoms with Gasteiger partial charge in [0.15, 0.2) is 9.84 Å². The fourth-order valence-electron chi connectivity index (χ4n) is 2.30. The van der Waals surface area contributed by atoms with Crippen molar-refractivity contribution in [1.29, 1.82) is 0 Å². The lowest BCUT2D eigenvalue weighted by molar-refractivity contribution is 0.108. The smallest absolute Gasteiger partial charge is 0.252 e. The highest BCUT2D eigenvalue weighted by atomic mass is 35.5. The van der Waals surface area contributed by atoms with Crippen molar-refractivity contribution < 1.29 is 17.4 Å². The van der Waals surface area contributed by atoms with Crippen molar-refractivity contribution in [2.75, 3.05) is 6.26 Å². The molecular formula is C15H21ClO4S2. The maximum absolute atomic E-state index is 12.8. The predicted molar refractivity (Wildman–Crippen MR) is 89.9 cm³/mol. The second-order valence-electron chi connectivity index (χ2n) is 5.09. The normalized spacial score (nSPS) is 13.4. The van der Waals surface area contributed by atoms with Crippen molar-refractivity contribution >= 4 is 37.5 Å². The second-order valence-corrected chi connectivity index (χ2v) is 9.12. The zero-order valence-corrected chi connectivity index (χ0v) is 15.6. The van der Waals surface area contributed by atoms with Gasteiger partial charge in [-0.05, 0) is 48.6 Å². The fraction of sp³-hybridized carbons (Fsp3) is 0.533. The molecule has 1 unspecified atom stereocenters. The summed E-state index contributed by atoms with van der Waals surface area (Å²) in [6.07, 6.45) is 2.92. The Hall–Kier alpha value is -0.720. The Bertz CT molecular complexity index is 692. The van der Waals surface area contributed by atoms with E-state index < -0.39 is 25.9 Å². The van der Waals surface area contributed by atoms with Crippen LogP contribution >= 0.6 is 11.6 Å². The lowest BCUT2D eigenvalue weighted by Gasteiger charge is -2.17. The molecule has 1 atom stereocenters. The van der Waals surface area contributed by atoms with E-state index in [-0.39, 0.29) is 20.6 Å². The summed E-state index contributed by atoms with van der Waals surface area (Å²) in [5, 5.41) is -0.829. The van der Waals surface area contributed by atoms with E-state index in [1.165, 1.54) is 6.07 Å².